The van der Waals surface area contributed by atoms with Gasteiger partial charge < -0.3 is 9.47 Å². The van der Waals surface area contributed by atoms with Crippen LogP contribution in [0, 0.1) is 0 Å². The molecule has 4 nitrogen and oxygen atoms in total. The number of hydrogen-bond acceptors (Lipinski definition) is 2. The number of alkyl halides is 3. The molecule has 0 unspecified atom stereocenters. The Kier molecular flexibility index (Phi) is 5.47. The zero-order valence-corrected chi connectivity index (χ0v) is 12.8. The third-order valence-electron chi connectivity index (χ3n) is 3.99. The Morgan fingerprint density at radius 3 is 2.91 bits per heavy atom. The molecule has 0 saturated carbocycles. The Morgan fingerprint density at radius 1 is 1.45 bits per heavy atom. The number of aromatic nitrogens is 2. The first-order valence-electron chi connectivity index (χ1n) is 7.76. The minimum Gasteiger partial charge on any atom is -0.342 e. The molecule has 0 aromatic carbocycles. The maximum Gasteiger partial charge on any atom is 0.397 e. The van der Waals surface area contributed by atoms with Crippen LogP contribution in [0.5, 0.6) is 0 Å². The third-order valence-corrected chi connectivity index (χ3v) is 3.99. The van der Waals surface area contributed by atoms with Crippen LogP contribution in [0.15, 0.2) is 12.4 Å². The van der Waals surface area contributed by atoms with Gasteiger partial charge in [-0.2, -0.15) is 13.2 Å². The number of halogens is 3. The summed E-state index contributed by atoms with van der Waals surface area (Å²) >= 11 is 0. The molecule has 2 heterocycles. The predicted octanol–water partition coefficient (Wildman–Crippen LogP) is 3.34. The van der Waals surface area contributed by atoms with Crippen LogP contribution in [0.2, 0.25) is 0 Å². The lowest BCUT2D eigenvalue weighted by molar-refractivity contribution is -0.162. The number of nitrogens with zero attached hydrogens (tertiary/aromatic N) is 3. The van der Waals surface area contributed by atoms with Gasteiger partial charge >= 0.3 is 6.18 Å². The normalized spacial score (nSPS) is 19.5. The van der Waals surface area contributed by atoms with Crippen LogP contribution < -0.4 is 0 Å². The van der Waals surface area contributed by atoms with Gasteiger partial charge in [0.2, 0.25) is 5.91 Å². The number of carbonyl (C=O) groups is 1. The van der Waals surface area contributed by atoms with E-state index in [-0.39, 0.29) is 5.92 Å². The Morgan fingerprint density at radius 2 is 2.23 bits per heavy atom. The van der Waals surface area contributed by atoms with E-state index in [1.807, 2.05) is 6.20 Å². The van der Waals surface area contributed by atoms with Gasteiger partial charge in [0.15, 0.2) is 0 Å². The van der Waals surface area contributed by atoms with Gasteiger partial charge in [0.25, 0.3) is 0 Å². The summed E-state index contributed by atoms with van der Waals surface area (Å²) in [5.41, 5.74) is 0. The molecule has 1 aromatic heterocycles. The van der Waals surface area contributed by atoms with E-state index in [2.05, 4.69) is 16.5 Å². The van der Waals surface area contributed by atoms with Crippen LogP contribution in [0.25, 0.3) is 0 Å². The minimum atomic E-state index is -4.44. The number of amides is 1. The molecule has 7 heteroatoms. The van der Waals surface area contributed by atoms with Crippen molar-refractivity contribution in [2.75, 3.05) is 13.1 Å². The van der Waals surface area contributed by atoms with Gasteiger partial charge in [-0.15, -0.1) is 0 Å². The number of rotatable bonds is 5. The zero-order chi connectivity index (χ0) is 16.2. The quantitative estimate of drug-likeness (QED) is 0.835. The van der Waals surface area contributed by atoms with E-state index >= 15 is 0 Å². The second kappa shape index (κ2) is 7.15. The molecule has 1 saturated heterocycles. The second-order valence-electron chi connectivity index (χ2n) is 5.80. The van der Waals surface area contributed by atoms with Crippen molar-refractivity contribution in [3.05, 3.63) is 18.2 Å². The molecule has 1 atom stereocenters. The lowest BCUT2D eigenvalue weighted by Gasteiger charge is -2.33. The summed E-state index contributed by atoms with van der Waals surface area (Å²) in [6, 6.07) is 0. The van der Waals surface area contributed by atoms with Crippen LogP contribution in [0.4, 0.5) is 13.2 Å². The highest BCUT2D eigenvalue weighted by molar-refractivity contribution is 5.77. The highest BCUT2D eigenvalue weighted by atomic mass is 19.4. The fraction of sp³-hybridized carbons (Fsp3) is 0.733. The van der Waals surface area contributed by atoms with Crippen LogP contribution in [0.1, 0.15) is 50.8 Å². The highest BCUT2D eigenvalue weighted by Gasteiger charge is 2.35. The molecule has 1 aromatic rings. The van der Waals surface area contributed by atoms with Crippen molar-refractivity contribution in [2.24, 2.45) is 0 Å². The highest BCUT2D eigenvalue weighted by Crippen LogP contribution is 2.28. The smallest absolute Gasteiger partial charge is 0.342 e. The zero-order valence-electron chi connectivity index (χ0n) is 12.8. The van der Waals surface area contributed by atoms with Crippen molar-refractivity contribution >= 4 is 5.91 Å². The second-order valence-corrected chi connectivity index (χ2v) is 5.80. The molecule has 124 valence electrons. The molecule has 2 rings (SSSR count). The molecule has 1 fully saturated rings. The van der Waals surface area contributed by atoms with Crippen molar-refractivity contribution in [1.29, 1.82) is 0 Å². The van der Waals surface area contributed by atoms with Gasteiger partial charge in [-0.3, -0.25) is 4.79 Å². The maximum absolute atomic E-state index is 12.4. The minimum absolute atomic E-state index is 0.0257. The SMILES string of the molecule is CCCCn1ccnc1[C@@H]1CCCN(C(=O)CC(F)(F)F)C1. The summed E-state index contributed by atoms with van der Waals surface area (Å²) in [7, 11) is 0. The van der Waals surface area contributed by atoms with E-state index in [4.69, 9.17) is 0 Å². The standard InChI is InChI=1S/C15H22F3N3O/c1-2-3-7-20-9-6-19-14(20)12-5-4-8-21(11-12)13(22)10-15(16,17)18/h6,9,12H,2-5,7-8,10-11H2,1H3/t12-/m1/s1. The molecule has 0 spiro atoms. The van der Waals surface area contributed by atoms with Crippen LogP contribution in [0.3, 0.4) is 0 Å². The number of hydrogen-bond donors (Lipinski definition) is 0. The van der Waals surface area contributed by atoms with E-state index in [0.29, 0.717) is 13.1 Å². The molecular formula is C15H22F3N3O. The predicted molar refractivity (Wildman–Crippen MR) is 76.4 cm³/mol. The van der Waals surface area contributed by atoms with Crippen LogP contribution >= 0.6 is 0 Å². The number of aryl methyl sites for hydroxylation is 1. The Hall–Kier alpha value is -1.53. The van der Waals surface area contributed by atoms with Gasteiger partial charge in [0, 0.05) is 37.9 Å². The van der Waals surface area contributed by atoms with Gasteiger partial charge in [-0.05, 0) is 19.3 Å². The molecule has 22 heavy (non-hydrogen) atoms. The molecule has 0 radical (unpaired) electrons. The largest absolute Gasteiger partial charge is 0.397 e. The first kappa shape index (κ1) is 16.8. The summed E-state index contributed by atoms with van der Waals surface area (Å²) < 4.78 is 39.2. The van der Waals surface area contributed by atoms with E-state index < -0.39 is 18.5 Å². The molecular weight excluding hydrogens is 295 g/mol. The Labute approximate surface area is 128 Å². The number of imidazole rings is 1. The van der Waals surface area contributed by atoms with E-state index in [1.165, 1.54) is 4.90 Å². The molecule has 0 aliphatic carbocycles. The summed E-state index contributed by atoms with van der Waals surface area (Å²) in [4.78, 5) is 17.5. The molecule has 0 N–H and O–H groups in total. The topological polar surface area (TPSA) is 38.1 Å². The molecule has 0 bridgehead atoms. The summed E-state index contributed by atoms with van der Waals surface area (Å²) in [6.45, 7) is 3.70. The van der Waals surface area contributed by atoms with Crippen molar-refractivity contribution in [2.45, 2.75) is 57.7 Å². The summed E-state index contributed by atoms with van der Waals surface area (Å²) in [5, 5.41) is 0. The van der Waals surface area contributed by atoms with Gasteiger partial charge in [-0.25, -0.2) is 4.98 Å². The van der Waals surface area contributed by atoms with Crippen LogP contribution in [-0.4, -0.2) is 39.6 Å². The lowest BCUT2D eigenvalue weighted by atomic mass is 9.96. The van der Waals surface area contributed by atoms with Gasteiger partial charge in [0.05, 0.1) is 0 Å². The van der Waals surface area contributed by atoms with Gasteiger partial charge in [0.1, 0.15) is 12.2 Å². The third kappa shape index (κ3) is 4.48. The Bertz CT molecular complexity index is 498. The number of piperidine rings is 1. The number of carbonyl (C=O) groups excluding carboxylic acids is 1. The maximum atomic E-state index is 12.4. The Balaban J connectivity index is 2.01. The van der Waals surface area contributed by atoms with Crippen molar-refractivity contribution in [3.63, 3.8) is 0 Å². The number of unbranched alkanes of at least 4 members (excludes halogenated alkanes) is 1. The van der Waals surface area contributed by atoms with Crippen molar-refractivity contribution in [1.82, 2.24) is 14.5 Å². The average Bonchev–Trinajstić information content (AvgIpc) is 2.92. The lowest BCUT2D eigenvalue weighted by Crippen LogP contribution is -2.41. The van der Waals surface area contributed by atoms with E-state index in [9.17, 15) is 18.0 Å². The fourth-order valence-corrected chi connectivity index (χ4v) is 2.90. The molecule has 1 amide bonds. The molecule has 1 aliphatic rings. The van der Waals surface area contributed by atoms with Crippen LogP contribution in [-0.2, 0) is 11.3 Å². The first-order chi connectivity index (χ1) is 10.4. The van der Waals surface area contributed by atoms with Crippen molar-refractivity contribution in [3.8, 4) is 0 Å². The number of likely N-dealkylation sites (tertiary alicyclic amines) is 1. The first-order valence-corrected chi connectivity index (χ1v) is 7.76. The summed E-state index contributed by atoms with van der Waals surface area (Å²) in [5.74, 6) is 0.0830. The fourth-order valence-electron chi connectivity index (χ4n) is 2.90. The molecule has 1 aliphatic heterocycles. The summed E-state index contributed by atoms with van der Waals surface area (Å²) in [6.07, 6.45) is 1.50. The monoisotopic (exact) mass is 317 g/mol. The van der Waals surface area contributed by atoms with Gasteiger partial charge in [-0.1, -0.05) is 13.3 Å². The average molecular weight is 317 g/mol. The van der Waals surface area contributed by atoms with E-state index in [0.717, 1.165) is 38.1 Å². The van der Waals surface area contributed by atoms with Crippen molar-refractivity contribution < 1.29 is 18.0 Å². The van der Waals surface area contributed by atoms with E-state index in [1.54, 1.807) is 6.20 Å².